The van der Waals surface area contributed by atoms with Gasteiger partial charge in [0.2, 0.25) is 0 Å². The third-order valence-electron chi connectivity index (χ3n) is 1.40. The Morgan fingerprint density at radius 2 is 1.50 bits per heavy atom. The zero-order valence-corrected chi connectivity index (χ0v) is 10.6. The van der Waals surface area contributed by atoms with Gasteiger partial charge in [-0.25, -0.2) is 5.19 Å². The Labute approximate surface area is 90.6 Å². The molecule has 0 nitrogen and oxygen atoms in total. The Bertz CT molecular complexity index is 216. The Balaban J connectivity index is 0.00000121. The normalized spacial score (nSPS) is 10.2. The second-order valence-corrected chi connectivity index (χ2v) is 15.7. The molecule has 0 aliphatic rings. The summed E-state index contributed by atoms with van der Waals surface area (Å²) in [6, 6.07) is 10.9. The molecular weight excluding hydrogens is 171 g/mol. The Morgan fingerprint density at radius 1 is 1.00 bits per heavy atom. The first-order valence-electron chi connectivity index (χ1n) is 3.99. The van der Waals surface area contributed by atoms with Crippen molar-refractivity contribution < 1.29 is 18.9 Å². The third kappa shape index (κ3) is 5.00. The first-order valence-corrected chi connectivity index (χ1v) is 9.87. The molecule has 0 aliphatic heterocycles. The van der Waals surface area contributed by atoms with Crippen molar-refractivity contribution in [3.05, 3.63) is 30.3 Å². The van der Waals surface area contributed by atoms with Crippen LogP contribution in [-0.4, -0.2) is 16.6 Å². The molecule has 0 saturated heterocycles. The third-order valence-corrected chi connectivity index (χ3v) is 6.58. The maximum Gasteiger partial charge on any atom is 1.00 e. The minimum Gasteiger partial charge on any atom is -0.301 e. The molecule has 1 aromatic carbocycles. The van der Waals surface area contributed by atoms with Gasteiger partial charge in [0, 0.05) is 0 Å². The molecule has 0 spiro atoms. The van der Waals surface area contributed by atoms with E-state index >= 15 is 0 Å². The van der Waals surface area contributed by atoms with Crippen molar-refractivity contribution in [2.45, 2.75) is 19.6 Å². The molecule has 0 saturated carbocycles. The zero-order valence-electron chi connectivity index (χ0n) is 8.46. The van der Waals surface area contributed by atoms with Gasteiger partial charge in [-0.15, -0.1) is 0 Å². The molecule has 0 fully saturated rings. The molecule has 1 rings (SSSR count). The van der Waals surface area contributed by atoms with E-state index in [0.29, 0.717) is 9.04 Å². The molecule has 0 heterocycles. The van der Waals surface area contributed by atoms with Crippen LogP contribution in [0.1, 0.15) is 0 Å². The first kappa shape index (κ1) is 12.3. The molecule has 0 amide bonds. The molecule has 0 bridgehead atoms. The fourth-order valence-corrected chi connectivity index (χ4v) is 6.04. The summed E-state index contributed by atoms with van der Waals surface area (Å²) in [7, 11) is -0.255. The molecular formula is C9H15LiSi2. The fourth-order valence-electron chi connectivity index (χ4n) is 1.05. The van der Waals surface area contributed by atoms with Crippen LogP contribution in [0.5, 0.6) is 0 Å². The molecule has 60 valence electrons. The smallest absolute Gasteiger partial charge is 0.301 e. The molecule has 0 radical (unpaired) electrons. The van der Waals surface area contributed by atoms with Crippen molar-refractivity contribution in [3.63, 3.8) is 0 Å². The van der Waals surface area contributed by atoms with Crippen LogP contribution in [0.3, 0.4) is 0 Å². The van der Waals surface area contributed by atoms with Gasteiger partial charge in [-0.2, -0.15) is 0 Å². The maximum atomic E-state index is 2.44. The quantitative estimate of drug-likeness (QED) is 0.498. The summed E-state index contributed by atoms with van der Waals surface area (Å²) in [5, 5.41) is 1.58. The van der Waals surface area contributed by atoms with Gasteiger partial charge in [0.1, 0.15) is 0 Å². The van der Waals surface area contributed by atoms with Crippen molar-refractivity contribution in [1.82, 2.24) is 0 Å². The summed E-state index contributed by atoms with van der Waals surface area (Å²) < 4.78 is 0. The predicted molar refractivity (Wildman–Crippen MR) is 56.6 cm³/mol. The van der Waals surface area contributed by atoms with E-state index < -0.39 is 7.59 Å². The van der Waals surface area contributed by atoms with Crippen LogP contribution in [-0.2, 0) is 0 Å². The number of rotatable bonds is 2. The van der Waals surface area contributed by atoms with Crippen LogP contribution in [0.25, 0.3) is 0 Å². The van der Waals surface area contributed by atoms with Gasteiger partial charge in [-0.1, -0.05) is 57.6 Å². The largest absolute Gasteiger partial charge is 1.00 e. The SMILES string of the molecule is C[Si](C)(C)[SiH-]c1ccccc1.[Li+]. The molecule has 0 aliphatic carbocycles. The molecule has 0 N–H and O–H groups in total. The topological polar surface area (TPSA) is 0 Å². The first-order chi connectivity index (χ1) is 5.08. The number of hydrogen-bond acceptors (Lipinski definition) is 0. The van der Waals surface area contributed by atoms with Crippen LogP contribution >= 0.6 is 0 Å². The summed E-state index contributed by atoms with van der Waals surface area (Å²) in [6.07, 6.45) is 0. The number of benzene rings is 1. The molecule has 1 aromatic rings. The monoisotopic (exact) mass is 186 g/mol. The maximum absolute atomic E-state index is 2.44. The van der Waals surface area contributed by atoms with Gasteiger partial charge in [0.25, 0.3) is 0 Å². The van der Waals surface area contributed by atoms with Crippen LogP contribution in [0.4, 0.5) is 0 Å². The average molecular weight is 186 g/mol. The summed E-state index contributed by atoms with van der Waals surface area (Å²) >= 11 is 0. The predicted octanol–water partition coefficient (Wildman–Crippen LogP) is -1.41. The van der Waals surface area contributed by atoms with E-state index in [9.17, 15) is 0 Å². The summed E-state index contributed by atoms with van der Waals surface area (Å²) in [6.45, 7) is 7.32. The van der Waals surface area contributed by atoms with E-state index in [0.717, 1.165) is 0 Å². The van der Waals surface area contributed by atoms with Crippen molar-refractivity contribution in [2.24, 2.45) is 0 Å². The van der Waals surface area contributed by atoms with Crippen LogP contribution in [0, 0.1) is 0 Å². The fraction of sp³-hybridized carbons (Fsp3) is 0.333. The summed E-state index contributed by atoms with van der Waals surface area (Å²) in [4.78, 5) is 0. The van der Waals surface area contributed by atoms with Crippen LogP contribution in [0.15, 0.2) is 30.3 Å². The Morgan fingerprint density at radius 3 is 1.92 bits per heavy atom. The van der Waals surface area contributed by atoms with Crippen molar-refractivity contribution in [3.8, 4) is 0 Å². The zero-order chi connectivity index (χ0) is 8.32. The minimum atomic E-state index is -0.815. The Hall–Kier alpha value is 0.251. The van der Waals surface area contributed by atoms with E-state index in [1.807, 2.05) is 0 Å². The average Bonchev–Trinajstić information content (AvgIpc) is 1.85. The Kier molecular flexibility index (Phi) is 5.19. The van der Waals surface area contributed by atoms with E-state index in [-0.39, 0.29) is 18.9 Å². The molecule has 3 heteroatoms. The van der Waals surface area contributed by atoms with Gasteiger partial charge in [-0.05, 0) is 0 Å². The van der Waals surface area contributed by atoms with E-state index in [1.165, 1.54) is 0 Å². The van der Waals surface area contributed by atoms with Crippen molar-refractivity contribution in [1.29, 1.82) is 0 Å². The second-order valence-electron chi connectivity index (χ2n) is 3.92. The van der Waals surface area contributed by atoms with Crippen LogP contribution < -0.4 is 24.0 Å². The van der Waals surface area contributed by atoms with Gasteiger partial charge < -0.3 is 9.04 Å². The minimum absolute atomic E-state index is 0. The van der Waals surface area contributed by atoms with Gasteiger partial charge >= 0.3 is 18.9 Å². The number of hydrogen-bond donors (Lipinski definition) is 0. The molecule has 0 atom stereocenters. The molecule has 12 heavy (non-hydrogen) atoms. The summed E-state index contributed by atoms with van der Waals surface area (Å²) in [5.41, 5.74) is 0. The second kappa shape index (κ2) is 5.08. The van der Waals surface area contributed by atoms with Gasteiger partial charge in [0.15, 0.2) is 0 Å². The standard InChI is InChI=1S/C9H15Si2.Li/c1-11(2,3)10-9-7-5-4-6-8-9;/h4-8,10H,1-3H3;/q-1;+1. The summed E-state index contributed by atoms with van der Waals surface area (Å²) in [5.74, 6) is 0. The van der Waals surface area contributed by atoms with Crippen molar-refractivity contribution in [2.75, 3.05) is 0 Å². The van der Waals surface area contributed by atoms with E-state index in [4.69, 9.17) is 0 Å². The van der Waals surface area contributed by atoms with Gasteiger partial charge in [0.05, 0.1) is 0 Å². The molecule has 0 unspecified atom stereocenters. The van der Waals surface area contributed by atoms with Crippen LogP contribution in [0.2, 0.25) is 19.6 Å². The van der Waals surface area contributed by atoms with Gasteiger partial charge in [-0.3, -0.25) is 0 Å². The van der Waals surface area contributed by atoms with E-state index in [2.05, 4.69) is 50.0 Å². The van der Waals surface area contributed by atoms with E-state index in [1.54, 1.807) is 5.19 Å². The molecule has 0 aromatic heterocycles. The van der Waals surface area contributed by atoms with Crippen molar-refractivity contribution >= 4 is 21.8 Å².